The minimum Gasteiger partial charge on any atom is -0.370 e. The van der Waals surface area contributed by atoms with Gasteiger partial charge in [0, 0.05) is 29.9 Å². The highest BCUT2D eigenvalue weighted by Gasteiger charge is 2.23. The van der Waals surface area contributed by atoms with Gasteiger partial charge in [-0.25, -0.2) is 0 Å². The van der Waals surface area contributed by atoms with Gasteiger partial charge in [0.1, 0.15) is 6.04 Å². The molecule has 0 spiro atoms. The zero-order valence-electron chi connectivity index (χ0n) is 13.1. The van der Waals surface area contributed by atoms with Crippen molar-refractivity contribution in [2.75, 3.05) is 0 Å². The Hall–Kier alpha value is -2.87. The summed E-state index contributed by atoms with van der Waals surface area (Å²) >= 11 is 0. The van der Waals surface area contributed by atoms with Crippen molar-refractivity contribution in [1.82, 2.24) is 10.3 Å². The lowest BCUT2D eigenvalue weighted by molar-refractivity contribution is -0.128. The topological polar surface area (TPSA) is 157 Å². The smallest absolute Gasteiger partial charge is 0.240 e. The van der Waals surface area contributed by atoms with Gasteiger partial charge in [0.05, 0.1) is 6.04 Å². The van der Waals surface area contributed by atoms with Gasteiger partial charge in [-0.05, 0) is 18.1 Å². The van der Waals surface area contributed by atoms with Crippen molar-refractivity contribution in [2.24, 2.45) is 17.2 Å². The molecule has 1 aromatic carbocycles. The Bertz CT molecular complexity index is 755. The molecule has 0 fully saturated rings. The lowest BCUT2D eigenvalue weighted by Gasteiger charge is -2.18. The first kappa shape index (κ1) is 17.5. The molecule has 0 aliphatic carbocycles. The third-order valence-electron chi connectivity index (χ3n) is 3.80. The molecular formula is C16H21N5O3. The van der Waals surface area contributed by atoms with E-state index in [0.29, 0.717) is 0 Å². The maximum Gasteiger partial charge on any atom is 0.240 e. The molecule has 0 aliphatic rings. The van der Waals surface area contributed by atoms with E-state index in [-0.39, 0.29) is 19.3 Å². The molecule has 128 valence electrons. The molecule has 3 amide bonds. The third kappa shape index (κ3) is 4.32. The Labute approximate surface area is 138 Å². The molecule has 0 aliphatic heterocycles. The number of carbonyl (C=O) groups excluding carboxylic acids is 3. The number of para-hydroxylation sites is 1. The van der Waals surface area contributed by atoms with Crippen LogP contribution < -0.4 is 22.5 Å². The van der Waals surface area contributed by atoms with Crippen LogP contribution in [0.15, 0.2) is 30.5 Å². The summed E-state index contributed by atoms with van der Waals surface area (Å²) in [5, 5.41) is 3.49. The van der Waals surface area contributed by atoms with Crippen molar-refractivity contribution in [1.29, 1.82) is 0 Å². The number of rotatable bonds is 8. The largest absolute Gasteiger partial charge is 0.370 e. The monoisotopic (exact) mass is 331 g/mol. The predicted octanol–water partition coefficient (Wildman–Crippen LogP) is -0.727. The molecule has 8 N–H and O–H groups in total. The summed E-state index contributed by atoms with van der Waals surface area (Å²) in [6, 6.07) is 5.79. The minimum absolute atomic E-state index is 0.00171. The Morgan fingerprint density at radius 2 is 1.88 bits per heavy atom. The number of aromatic nitrogens is 1. The molecule has 1 aromatic heterocycles. The first-order chi connectivity index (χ1) is 11.4. The zero-order chi connectivity index (χ0) is 17.7. The second-order valence-electron chi connectivity index (χ2n) is 5.64. The lowest BCUT2D eigenvalue weighted by Crippen LogP contribution is -2.51. The Morgan fingerprint density at radius 3 is 2.54 bits per heavy atom. The summed E-state index contributed by atoms with van der Waals surface area (Å²) in [4.78, 5) is 37.6. The Kier molecular flexibility index (Phi) is 5.54. The molecule has 8 heteroatoms. The van der Waals surface area contributed by atoms with Crippen molar-refractivity contribution in [3.63, 3.8) is 0 Å². The molecule has 2 rings (SSSR count). The van der Waals surface area contributed by atoms with Gasteiger partial charge in [0.15, 0.2) is 0 Å². The highest BCUT2D eigenvalue weighted by atomic mass is 16.2. The number of hydrogen-bond acceptors (Lipinski definition) is 4. The van der Waals surface area contributed by atoms with Gasteiger partial charge in [-0.2, -0.15) is 0 Å². The van der Waals surface area contributed by atoms with Gasteiger partial charge in [0.25, 0.3) is 0 Å². The molecule has 0 saturated heterocycles. The fourth-order valence-electron chi connectivity index (χ4n) is 2.45. The number of primary amides is 2. The average Bonchev–Trinajstić information content (AvgIpc) is 2.94. The highest BCUT2D eigenvalue weighted by Crippen LogP contribution is 2.19. The van der Waals surface area contributed by atoms with E-state index in [1.807, 2.05) is 24.3 Å². The molecular weight excluding hydrogens is 310 g/mol. The number of carbonyl (C=O) groups is 3. The number of nitrogens with one attached hydrogen (secondary N) is 2. The van der Waals surface area contributed by atoms with Crippen LogP contribution in [0.1, 0.15) is 18.4 Å². The predicted molar refractivity (Wildman–Crippen MR) is 89.5 cm³/mol. The van der Waals surface area contributed by atoms with Gasteiger partial charge in [-0.3, -0.25) is 14.4 Å². The second-order valence-corrected chi connectivity index (χ2v) is 5.64. The van der Waals surface area contributed by atoms with Crippen LogP contribution >= 0.6 is 0 Å². The van der Waals surface area contributed by atoms with Crippen molar-refractivity contribution in [3.05, 3.63) is 36.0 Å². The second kappa shape index (κ2) is 7.60. The normalized spacial score (nSPS) is 13.4. The zero-order valence-corrected chi connectivity index (χ0v) is 13.1. The molecule has 0 bridgehead atoms. The van der Waals surface area contributed by atoms with E-state index >= 15 is 0 Å². The highest BCUT2D eigenvalue weighted by molar-refractivity contribution is 5.90. The lowest BCUT2D eigenvalue weighted by atomic mass is 10.0. The van der Waals surface area contributed by atoms with E-state index in [9.17, 15) is 14.4 Å². The van der Waals surface area contributed by atoms with E-state index in [0.717, 1.165) is 16.5 Å². The minimum atomic E-state index is -0.928. The quantitative estimate of drug-likeness (QED) is 0.432. The van der Waals surface area contributed by atoms with Crippen LogP contribution in [-0.4, -0.2) is 34.8 Å². The summed E-state index contributed by atoms with van der Waals surface area (Å²) in [6.07, 6.45) is 2.13. The van der Waals surface area contributed by atoms with Gasteiger partial charge in [-0.1, -0.05) is 18.2 Å². The van der Waals surface area contributed by atoms with Crippen molar-refractivity contribution < 1.29 is 14.4 Å². The third-order valence-corrected chi connectivity index (χ3v) is 3.80. The standard InChI is InChI=1S/C16H21N5O3/c17-11(5-6-14(18)22)16(24)21-13(15(19)23)7-9-8-20-12-4-2-1-3-10(9)12/h1-4,8,11,13,20H,5-7,17H2,(H2,18,22)(H2,19,23)(H,21,24)/t11-,13-/m0/s1. The van der Waals surface area contributed by atoms with E-state index in [1.165, 1.54) is 0 Å². The van der Waals surface area contributed by atoms with Crippen LogP contribution in [0, 0.1) is 0 Å². The number of nitrogens with two attached hydrogens (primary N) is 3. The fraction of sp³-hybridized carbons (Fsp3) is 0.312. The number of fused-ring (bicyclic) bond motifs is 1. The van der Waals surface area contributed by atoms with E-state index in [2.05, 4.69) is 10.3 Å². The summed E-state index contributed by atoms with van der Waals surface area (Å²) in [5.74, 6) is -1.74. The molecule has 2 atom stereocenters. The summed E-state index contributed by atoms with van der Waals surface area (Å²) in [5.41, 5.74) is 17.9. The Morgan fingerprint density at radius 1 is 1.17 bits per heavy atom. The van der Waals surface area contributed by atoms with Gasteiger partial charge in [0.2, 0.25) is 17.7 Å². The number of aromatic amines is 1. The molecule has 0 unspecified atom stereocenters. The van der Waals surface area contributed by atoms with E-state index in [1.54, 1.807) is 6.20 Å². The number of benzene rings is 1. The molecule has 8 nitrogen and oxygen atoms in total. The first-order valence-electron chi connectivity index (χ1n) is 7.57. The molecule has 0 radical (unpaired) electrons. The SMILES string of the molecule is NC(=O)CC[C@H](N)C(=O)N[C@@H](Cc1c[nH]c2ccccc12)C(N)=O. The van der Waals surface area contributed by atoms with Crippen LogP contribution in [0.4, 0.5) is 0 Å². The van der Waals surface area contributed by atoms with Gasteiger partial charge < -0.3 is 27.5 Å². The van der Waals surface area contributed by atoms with Gasteiger partial charge in [-0.15, -0.1) is 0 Å². The average molecular weight is 331 g/mol. The van der Waals surface area contributed by atoms with Gasteiger partial charge >= 0.3 is 0 Å². The maximum atomic E-state index is 12.1. The van der Waals surface area contributed by atoms with Crippen LogP contribution in [0.25, 0.3) is 10.9 Å². The summed E-state index contributed by atoms with van der Waals surface area (Å²) in [7, 11) is 0. The van der Waals surface area contributed by atoms with Crippen LogP contribution in [-0.2, 0) is 20.8 Å². The number of amides is 3. The van der Waals surface area contributed by atoms with E-state index in [4.69, 9.17) is 17.2 Å². The van der Waals surface area contributed by atoms with Crippen molar-refractivity contribution in [3.8, 4) is 0 Å². The first-order valence-corrected chi connectivity index (χ1v) is 7.57. The summed E-state index contributed by atoms with van der Waals surface area (Å²) < 4.78 is 0. The Balaban J connectivity index is 2.05. The van der Waals surface area contributed by atoms with Crippen LogP contribution in [0.3, 0.4) is 0 Å². The molecule has 24 heavy (non-hydrogen) atoms. The van der Waals surface area contributed by atoms with Crippen LogP contribution in [0.5, 0.6) is 0 Å². The van der Waals surface area contributed by atoms with Crippen molar-refractivity contribution >= 4 is 28.6 Å². The van der Waals surface area contributed by atoms with E-state index < -0.39 is 29.8 Å². The number of H-pyrrole nitrogens is 1. The summed E-state index contributed by atoms with van der Waals surface area (Å²) in [6.45, 7) is 0. The fourth-order valence-corrected chi connectivity index (χ4v) is 2.45. The molecule has 2 aromatic rings. The maximum absolute atomic E-state index is 12.1. The molecule has 0 saturated carbocycles. The molecule has 1 heterocycles. The van der Waals surface area contributed by atoms with Crippen LogP contribution in [0.2, 0.25) is 0 Å². The van der Waals surface area contributed by atoms with Crippen molar-refractivity contribution in [2.45, 2.75) is 31.3 Å². The number of hydrogen-bond donors (Lipinski definition) is 5.